The molecule has 0 aliphatic carbocycles. The molecule has 1 N–H and O–H groups in total. The van der Waals surface area contributed by atoms with Crippen LogP contribution in [0.1, 0.15) is 11.1 Å². The van der Waals surface area contributed by atoms with Crippen LogP contribution in [0, 0.1) is 13.8 Å². The minimum atomic E-state index is -0.0178. The largest absolute Gasteiger partial charge is 0.493 e. The fraction of sp³-hybridized carbons (Fsp3) is 0.278. The summed E-state index contributed by atoms with van der Waals surface area (Å²) in [6.07, 6.45) is 0. The highest BCUT2D eigenvalue weighted by atomic mass is 35.5. The number of hydrogen-bond acceptors (Lipinski definition) is 3. The lowest BCUT2D eigenvalue weighted by atomic mass is 10.2. The van der Waals surface area contributed by atoms with E-state index in [1.54, 1.807) is 17.8 Å². The zero-order valence-electron chi connectivity index (χ0n) is 13.3. The average Bonchev–Trinajstić information content (AvgIpc) is 2.51. The number of thioether (sulfide) groups is 1. The van der Waals surface area contributed by atoms with Gasteiger partial charge in [-0.1, -0.05) is 29.3 Å². The molecule has 23 heavy (non-hydrogen) atoms. The van der Waals surface area contributed by atoms with Gasteiger partial charge in [-0.3, -0.25) is 4.79 Å². The minimum Gasteiger partial charge on any atom is -0.493 e. The smallest absolute Gasteiger partial charge is 0.234 e. The van der Waals surface area contributed by atoms with Crippen molar-refractivity contribution in [3.05, 3.63) is 58.6 Å². The first-order chi connectivity index (χ1) is 11.0. The lowest BCUT2D eigenvalue weighted by molar-refractivity contribution is -0.113. The van der Waals surface area contributed by atoms with Crippen LogP contribution in [0.15, 0.2) is 42.5 Å². The number of anilines is 1. The van der Waals surface area contributed by atoms with Crippen LogP contribution in [-0.2, 0) is 4.79 Å². The highest BCUT2D eigenvalue weighted by molar-refractivity contribution is 7.99. The Labute approximate surface area is 146 Å². The Morgan fingerprint density at radius 3 is 2.61 bits per heavy atom. The van der Waals surface area contributed by atoms with Gasteiger partial charge in [0.15, 0.2) is 0 Å². The van der Waals surface area contributed by atoms with Crippen LogP contribution in [0.2, 0.25) is 5.02 Å². The molecule has 0 radical (unpaired) electrons. The Bertz CT molecular complexity index is 659. The van der Waals surface area contributed by atoms with Crippen molar-refractivity contribution in [1.29, 1.82) is 0 Å². The summed E-state index contributed by atoms with van der Waals surface area (Å²) >= 11 is 7.45. The summed E-state index contributed by atoms with van der Waals surface area (Å²) in [4.78, 5) is 11.9. The van der Waals surface area contributed by atoms with Crippen molar-refractivity contribution in [3.8, 4) is 5.75 Å². The van der Waals surface area contributed by atoms with Crippen molar-refractivity contribution in [2.45, 2.75) is 13.8 Å². The molecule has 0 unspecified atom stereocenters. The second-order valence-corrected chi connectivity index (χ2v) is 6.76. The SMILES string of the molecule is Cc1ccc(OCCSCC(=O)Nc2ccc(Cl)cc2C)cc1. The lowest BCUT2D eigenvalue weighted by Crippen LogP contribution is -2.15. The van der Waals surface area contributed by atoms with Gasteiger partial charge in [-0.15, -0.1) is 11.8 Å². The summed E-state index contributed by atoms with van der Waals surface area (Å²) in [5, 5.41) is 3.56. The molecule has 2 aromatic rings. The molecule has 0 heterocycles. The monoisotopic (exact) mass is 349 g/mol. The molecule has 0 saturated heterocycles. The predicted octanol–water partition coefficient (Wildman–Crippen LogP) is 4.71. The van der Waals surface area contributed by atoms with E-state index >= 15 is 0 Å². The van der Waals surface area contributed by atoms with E-state index in [9.17, 15) is 4.79 Å². The van der Waals surface area contributed by atoms with Crippen LogP contribution in [0.4, 0.5) is 5.69 Å². The van der Waals surface area contributed by atoms with Gasteiger partial charge in [0.25, 0.3) is 0 Å². The van der Waals surface area contributed by atoms with Gasteiger partial charge in [0, 0.05) is 16.5 Å². The van der Waals surface area contributed by atoms with Gasteiger partial charge in [-0.05, 0) is 49.7 Å². The van der Waals surface area contributed by atoms with Crippen molar-refractivity contribution in [1.82, 2.24) is 0 Å². The number of nitrogens with one attached hydrogen (secondary N) is 1. The molecule has 0 fully saturated rings. The Kier molecular flexibility index (Phi) is 6.81. The molecule has 0 saturated carbocycles. The van der Waals surface area contributed by atoms with Gasteiger partial charge in [0.05, 0.1) is 12.4 Å². The van der Waals surface area contributed by atoms with Gasteiger partial charge in [0.2, 0.25) is 5.91 Å². The standard InChI is InChI=1S/C18H20ClNO2S/c1-13-3-6-16(7-4-13)22-9-10-23-12-18(21)20-17-8-5-15(19)11-14(17)2/h3-8,11H,9-10,12H2,1-2H3,(H,20,21). The zero-order chi connectivity index (χ0) is 16.7. The van der Waals surface area contributed by atoms with Gasteiger partial charge in [-0.2, -0.15) is 0 Å². The molecule has 0 aliphatic heterocycles. The Morgan fingerprint density at radius 2 is 1.91 bits per heavy atom. The molecule has 0 atom stereocenters. The number of carbonyl (C=O) groups is 1. The molecular formula is C18H20ClNO2S. The highest BCUT2D eigenvalue weighted by Gasteiger charge is 2.05. The number of amides is 1. The number of ether oxygens (including phenoxy) is 1. The fourth-order valence-corrected chi connectivity index (χ4v) is 2.80. The number of halogens is 1. The Morgan fingerprint density at radius 1 is 1.17 bits per heavy atom. The minimum absolute atomic E-state index is 0.0178. The third-order valence-corrected chi connectivity index (χ3v) is 4.37. The third-order valence-electron chi connectivity index (χ3n) is 3.21. The van der Waals surface area contributed by atoms with Crippen molar-refractivity contribution in [3.63, 3.8) is 0 Å². The molecule has 122 valence electrons. The van der Waals surface area contributed by atoms with Crippen LogP contribution in [-0.4, -0.2) is 24.0 Å². The zero-order valence-corrected chi connectivity index (χ0v) is 14.8. The first-order valence-corrected chi connectivity index (χ1v) is 8.91. The first-order valence-electron chi connectivity index (χ1n) is 7.38. The van der Waals surface area contributed by atoms with E-state index in [1.165, 1.54) is 5.56 Å². The first kappa shape index (κ1) is 17.7. The normalized spacial score (nSPS) is 10.4. The summed E-state index contributed by atoms with van der Waals surface area (Å²) in [6.45, 7) is 4.55. The topological polar surface area (TPSA) is 38.3 Å². The van der Waals surface area contributed by atoms with E-state index in [4.69, 9.17) is 16.3 Å². The van der Waals surface area contributed by atoms with E-state index in [2.05, 4.69) is 5.32 Å². The van der Waals surface area contributed by atoms with E-state index in [0.717, 1.165) is 22.8 Å². The van der Waals surface area contributed by atoms with Crippen LogP contribution >= 0.6 is 23.4 Å². The maximum Gasteiger partial charge on any atom is 0.234 e. The van der Waals surface area contributed by atoms with E-state index in [1.807, 2.05) is 50.2 Å². The van der Waals surface area contributed by atoms with Gasteiger partial charge >= 0.3 is 0 Å². The number of benzene rings is 2. The summed E-state index contributed by atoms with van der Waals surface area (Å²) in [7, 11) is 0. The molecule has 5 heteroatoms. The van der Waals surface area contributed by atoms with E-state index < -0.39 is 0 Å². The second-order valence-electron chi connectivity index (χ2n) is 5.22. The van der Waals surface area contributed by atoms with Gasteiger partial charge < -0.3 is 10.1 Å². The highest BCUT2D eigenvalue weighted by Crippen LogP contribution is 2.19. The maximum atomic E-state index is 11.9. The molecule has 2 aromatic carbocycles. The number of aryl methyl sites for hydroxylation is 2. The summed E-state index contributed by atoms with van der Waals surface area (Å²) in [5.41, 5.74) is 2.97. The molecule has 2 rings (SSSR count). The summed E-state index contributed by atoms with van der Waals surface area (Å²) < 4.78 is 5.63. The molecule has 0 bridgehead atoms. The predicted molar refractivity (Wildman–Crippen MR) is 98.8 cm³/mol. The van der Waals surface area contributed by atoms with Crippen molar-refractivity contribution in [2.75, 3.05) is 23.4 Å². The van der Waals surface area contributed by atoms with Crippen molar-refractivity contribution >= 4 is 35.0 Å². The average molecular weight is 350 g/mol. The molecule has 0 aliphatic rings. The van der Waals surface area contributed by atoms with Gasteiger partial charge in [-0.25, -0.2) is 0 Å². The Hall–Kier alpha value is -1.65. The van der Waals surface area contributed by atoms with Crippen molar-refractivity contribution in [2.24, 2.45) is 0 Å². The molecule has 0 spiro atoms. The maximum absolute atomic E-state index is 11.9. The second kappa shape index (κ2) is 8.85. The summed E-state index contributed by atoms with van der Waals surface area (Å²) in [6, 6.07) is 13.4. The fourth-order valence-electron chi connectivity index (χ4n) is 1.97. The quantitative estimate of drug-likeness (QED) is 0.736. The molecule has 1 amide bonds. The molecule has 0 aromatic heterocycles. The number of carbonyl (C=O) groups excluding carboxylic acids is 1. The van der Waals surface area contributed by atoms with E-state index in [0.29, 0.717) is 17.4 Å². The number of hydrogen-bond donors (Lipinski definition) is 1. The van der Waals surface area contributed by atoms with Crippen LogP contribution in [0.25, 0.3) is 0 Å². The van der Waals surface area contributed by atoms with Crippen molar-refractivity contribution < 1.29 is 9.53 Å². The number of rotatable bonds is 7. The van der Waals surface area contributed by atoms with Crippen LogP contribution < -0.4 is 10.1 Å². The van der Waals surface area contributed by atoms with E-state index in [-0.39, 0.29) is 5.91 Å². The lowest BCUT2D eigenvalue weighted by Gasteiger charge is -2.09. The molecule has 3 nitrogen and oxygen atoms in total. The van der Waals surface area contributed by atoms with Gasteiger partial charge in [0.1, 0.15) is 5.75 Å². The molecular weight excluding hydrogens is 330 g/mol. The Balaban J connectivity index is 1.65. The summed E-state index contributed by atoms with van der Waals surface area (Å²) in [5.74, 6) is 2.01. The van der Waals surface area contributed by atoms with Crippen LogP contribution in [0.3, 0.4) is 0 Å². The van der Waals surface area contributed by atoms with Crippen LogP contribution in [0.5, 0.6) is 5.75 Å². The third kappa shape index (κ3) is 6.16.